The van der Waals surface area contributed by atoms with Crippen LogP contribution < -0.4 is 4.90 Å². The molecule has 2 rings (SSSR count). The lowest BCUT2D eigenvalue weighted by molar-refractivity contribution is 0.194. The van der Waals surface area contributed by atoms with E-state index < -0.39 is 0 Å². The van der Waals surface area contributed by atoms with Crippen molar-refractivity contribution in [3.8, 4) is 0 Å². The lowest BCUT2D eigenvalue weighted by Crippen LogP contribution is -2.55. The van der Waals surface area contributed by atoms with Gasteiger partial charge in [-0.25, -0.2) is 0 Å². The molecule has 0 radical (unpaired) electrons. The Balaban J connectivity index is 2.02. The largest absolute Gasteiger partial charge is 0.370 e. The summed E-state index contributed by atoms with van der Waals surface area (Å²) < 4.78 is 1.31. The van der Waals surface area contributed by atoms with Crippen LogP contribution in [0.25, 0.3) is 0 Å². The Morgan fingerprint density at radius 2 is 1.67 bits per heavy atom. The molecule has 2 heteroatoms. The highest BCUT2D eigenvalue weighted by Gasteiger charge is 2.39. The maximum absolute atomic E-state index is 2.49. The zero-order valence-corrected chi connectivity index (χ0v) is 11.6. The maximum Gasteiger partial charge on any atom is 0.0367 e. The summed E-state index contributed by atoms with van der Waals surface area (Å²) in [7, 11) is 0. The molecule has 1 aliphatic rings. The smallest absolute Gasteiger partial charge is 0.0367 e. The fourth-order valence-corrected chi connectivity index (χ4v) is 2.65. The van der Waals surface area contributed by atoms with Crippen molar-refractivity contribution in [2.45, 2.75) is 26.7 Å². The van der Waals surface area contributed by atoms with Gasteiger partial charge in [-0.1, -0.05) is 13.8 Å². The standard InChI is InChI=1S/C13H18IN/c1-3-13(4-2)9-15(10-13)12-7-5-11(14)6-8-12/h5-8H,3-4,9-10H2,1-2H3. The molecule has 0 atom stereocenters. The first-order chi connectivity index (χ1) is 7.19. The van der Waals surface area contributed by atoms with Crippen molar-refractivity contribution in [1.29, 1.82) is 0 Å². The van der Waals surface area contributed by atoms with E-state index in [-0.39, 0.29) is 0 Å². The van der Waals surface area contributed by atoms with Crippen LogP contribution in [0.5, 0.6) is 0 Å². The van der Waals surface area contributed by atoms with Gasteiger partial charge in [0.1, 0.15) is 0 Å². The molecule has 0 bridgehead atoms. The normalized spacial score (nSPS) is 18.7. The fourth-order valence-electron chi connectivity index (χ4n) is 2.30. The summed E-state index contributed by atoms with van der Waals surface area (Å²) in [4.78, 5) is 2.49. The number of halogens is 1. The van der Waals surface area contributed by atoms with Gasteiger partial charge in [-0.05, 0) is 59.7 Å². The summed E-state index contributed by atoms with van der Waals surface area (Å²) in [5.41, 5.74) is 1.98. The third kappa shape index (κ3) is 2.14. The molecule has 0 aromatic heterocycles. The van der Waals surface area contributed by atoms with Crippen LogP contribution in [0.2, 0.25) is 0 Å². The van der Waals surface area contributed by atoms with Crippen LogP contribution in [-0.4, -0.2) is 13.1 Å². The molecule has 0 amide bonds. The van der Waals surface area contributed by atoms with E-state index in [2.05, 4.69) is 65.6 Å². The van der Waals surface area contributed by atoms with Gasteiger partial charge < -0.3 is 4.90 Å². The van der Waals surface area contributed by atoms with Crippen molar-refractivity contribution in [3.63, 3.8) is 0 Å². The van der Waals surface area contributed by atoms with Gasteiger partial charge in [0, 0.05) is 27.8 Å². The minimum Gasteiger partial charge on any atom is -0.370 e. The summed E-state index contributed by atoms with van der Waals surface area (Å²) in [5, 5.41) is 0. The lowest BCUT2D eigenvalue weighted by atomic mass is 9.75. The molecular weight excluding hydrogens is 297 g/mol. The summed E-state index contributed by atoms with van der Waals surface area (Å²) in [6.07, 6.45) is 2.62. The Bertz CT molecular complexity index is 319. The third-order valence-electron chi connectivity index (χ3n) is 3.74. The third-order valence-corrected chi connectivity index (χ3v) is 4.46. The van der Waals surface area contributed by atoms with Gasteiger partial charge in [-0.3, -0.25) is 0 Å². The number of benzene rings is 1. The Morgan fingerprint density at radius 1 is 1.13 bits per heavy atom. The van der Waals surface area contributed by atoms with E-state index in [0.717, 1.165) is 0 Å². The SMILES string of the molecule is CCC1(CC)CN(c2ccc(I)cc2)C1. The minimum atomic E-state index is 0.600. The molecule has 1 saturated heterocycles. The molecule has 15 heavy (non-hydrogen) atoms. The van der Waals surface area contributed by atoms with E-state index in [9.17, 15) is 0 Å². The summed E-state index contributed by atoms with van der Waals surface area (Å²) in [6.45, 7) is 7.10. The van der Waals surface area contributed by atoms with E-state index >= 15 is 0 Å². The van der Waals surface area contributed by atoms with Crippen LogP contribution in [-0.2, 0) is 0 Å². The van der Waals surface area contributed by atoms with Crippen LogP contribution in [0, 0.1) is 8.99 Å². The molecule has 1 heterocycles. The van der Waals surface area contributed by atoms with E-state index in [0.29, 0.717) is 5.41 Å². The molecule has 0 aliphatic carbocycles. The highest BCUT2D eigenvalue weighted by molar-refractivity contribution is 14.1. The number of hydrogen-bond acceptors (Lipinski definition) is 1. The second-order valence-corrected chi connectivity index (χ2v) is 5.79. The fraction of sp³-hybridized carbons (Fsp3) is 0.538. The summed E-state index contributed by atoms with van der Waals surface area (Å²) in [5.74, 6) is 0. The highest BCUT2D eigenvalue weighted by atomic mass is 127. The highest BCUT2D eigenvalue weighted by Crippen LogP contribution is 2.39. The first kappa shape index (κ1) is 11.2. The average molecular weight is 315 g/mol. The molecule has 82 valence electrons. The van der Waals surface area contributed by atoms with E-state index in [1.54, 1.807) is 0 Å². The van der Waals surface area contributed by atoms with Crippen LogP contribution >= 0.6 is 22.6 Å². The van der Waals surface area contributed by atoms with Crippen molar-refractivity contribution in [1.82, 2.24) is 0 Å². The van der Waals surface area contributed by atoms with Crippen LogP contribution in [0.3, 0.4) is 0 Å². The van der Waals surface area contributed by atoms with Gasteiger partial charge in [0.2, 0.25) is 0 Å². The number of hydrogen-bond donors (Lipinski definition) is 0. The predicted molar refractivity (Wildman–Crippen MR) is 74.4 cm³/mol. The van der Waals surface area contributed by atoms with Gasteiger partial charge in [0.15, 0.2) is 0 Å². The molecule has 0 unspecified atom stereocenters. The van der Waals surface area contributed by atoms with Crippen molar-refractivity contribution in [2.75, 3.05) is 18.0 Å². The second kappa shape index (κ2) is 4.32. The Labute approximate surface area is 106 Å². The molecule has 0 N–H and O–H groups in total. The number of anilines is 1. The average Bonchev–Trinajstić information content (AvgIpc) is 2.20. The first-order valence-electron chi connectivity index (χ1n) is 5.69. The van der Waals surface area contributed by atoms with E-state index in [1.165, 1.54) is 35.2 Å². The van der Waals surface area contributed by atoms with Gasteiger partial charge in [0.05, 0.1) is 0 Å². The summed E-state index contributed by atoms with van der Waals surface area (Å²) >= 11 is 2.35. The molecule has 1 aliphatic heterocycles. The lowest BCUT2D eigenvalue weighted by Gasteiger charge is -2.51. The maximum atomic E-state index is 2.49. The summed E-state index contributed by atoms with van der Waals surface area (Å²) in [6, 6.07) is 8.84. The van der Waals surface area contributed by atoms with Crippen LogP contribution in [0.1, 0.15) is 26.7 Å². The molecular formula is C13H18IN. The second-order valence-electron chi connectivity index (χ2n) is 4.54. The van der Waals surface area contributed by atoms with Crippen molar-refractivity contribution in [2.24, 2.45) is 5.41 Å². The topological polar surface area (TPSA) is 3.24 Å². The predicted octanol–water partition coefficient (Wildman–Crippen LogP) is 3.92. The number of rotatable bonds is 3. The number of nitrogens with zero attached hydrogens (tertiary/aromatic N) is 1. The molecule has 1 aromatic carbocycles. The first-order valence-corrected chi connectivity index (χ1v) is 6.77. The van der Waals surface area contributed by atoms with Crippen LogP contribution in [0.4, 0.5) is 5.69 Å². The van der Waals surface area contributed by atoms with E-state index in [1.807, 2.05) is 0 Å². The molecule has 0 spiro atoms. The Hall–Kier alpha value is -0.250. The molecule has 1 fully saturated rings. The van der Waals surface area contributed by atoms with Crippen LogP contribution in [0.15, 0.2) is 24.3 Å². The van der Waals surface area contributed by atoms with Crippen molar-refractivity contribution >= 4 is 28.3 Å². The molecule has 1 aromatic rings. The minimum absolute atomic E-state index is 0.600. The van der Waals surface area contributed by atoms with Gasteiger partial charge in [0.25, 0.3) is 0 Å². The van der Waals surface area contributed by atoms with Crippen molar-refractivity contribution < 1.29 is 0 Å². The molecule has 1 nitrogen and oxygen atoms in total. The van der Waals surface area contributed by atoms with Gasteiger partial charge >= 0.3 is 0 Å². The Kier molecular flexibility index (Phi) is 3.24. The van der Waals surface area contributed by atoms with Crippen molar-refractivity contribution in [3.05, 3.63) is 27.8 Å². The van der Waals surface area contributed by atoms with E-state index in [4.69, 9.17) is 0 Å². The monoisotopic (exact) mass is 315 g/mol. The molecule has 0 saturated carbocycles. The zero-order valence-electron chi connectivity index (χ0n) is 9.46. The van der Waals surface area contributed by atoms with Gasteiger partial charge in [-0.15, -0.1) is 0 Å². The zero-order chi connectivity index (χ0) is 10.9. The quantitative estimate of drug-likeness (QED) is 0.764. The van der Waals surface area contributed by atoms with Gasteiger partial charge in [-0.2, -0.15) is 0 Å². The Morgan fingerprint density at radius 3 is 2.13 bits per heavy atom.